The van der Waals surface area contributed by atoms with Crippen molar-refractivity contribution in [2.45, 2.75) is 13.8 Å². The van der Waals surface area contributed by atoms with Crippen LogP contribution < -0.4 is 0 Å². The largest absolute Gasteiger partial charge is 0.478 e. The van der Waals surface area contributed by atoms with E-state index >= 15 is 0 Å². The summed E-state index contributed by atoms with van der Waals surface area (Å²) in [7, 11) is 0. The highest BCUT2D eigenvalue weighted by atomic mass is 16.4. The first-order valence-corrected chi connectivity index (χ1v) is 4.08. The Morgan fingerprint density at radius 2 is 2.00 bits per heavy atom. The summed E-state index contributed by atoms with van der Waals surface area (Å²) in [6.45, 7) is 4.04. The monoisotopic (exact) mass is 176 g/mol. The molecule has 0 unspecified atom stereocenters. The van der Waals surface area contributed by atoms with Crippen molar-refractivity contribution < 1.29 is 9.90 Å². The molecular weight excluding hydrogens is 164 g/mol. The molecule has 0 atom stereocenters. The van der Waals surface area contributed by atoms with Crippen molar-refractivity contribution >= 4 is 12.0 Å². The van der Waals surface area contributed by atoms with E-state index in [1.165, 1.54) is 11.1 Å². The van der Waals surface area contributed by atoms with Gasteiger partial charge >= 0.3 is 5.97 Å². The van der Waals surface area contributed by atoms with E-state index in [4.69, 9.17) is 5.11 Å². The highest BCUT2D eigenvalue weighted by Crippen LogP contribution is 2.10. The molecule has 0 aliphatic rings. The average molecular weight is 176 g/mol. The van der Waals surface area contributed by atoms with Crippen molar-refractivity contribution in [1.82, 2.24) is 0 Å². The lowest BCUT2D eigenvalue weighted by molar-refractivity contribution is -0.131. The number of carboxylic acids is 1. The SMILES string of the molecule is Cc1ccc(/C=C/C(=O)O)cc1C. The van der Waals surface area contributed by atoms with Gasteiger partial charge in [0.1, 0.15) is 0 Å². The quantitative estimate of drug-likeness (QED) is 0.702. The summed E-state index contributed by atoms with van der Waals surface area (Å²) in [5.41, 5.74) is 3.31. The fraction of sp³-hybridized carbons (Fsp3) is 0.182. The minimum Gasteiger partial charge on any atom is -0.478 e. The van der Waals surface area contributed by atoms with Gasteiger partial charge in [-0.15, -0.1) is 0 Å². The third-order valence-electron chi connectivity index (χ3n) is 1.95. The maximum atomic E-state index is 10.2. The summed E-state index contributed by atoms with van der Waals surface area (Å²) < 4.78 is 0. The topological polar surface area (TPSA) is 37.3 Å². The highest BCUT2D eigenvalue weighted by Gasteiger charge is 1.93. The van der Waals surface area contributed by atoms with Gasteiger partial charge in [0.2, 0.25) is 0 Å². The molecule has 0 aliphatic carbocycles. The zero-order valence-electron chi connectivity index (χ0n) is 7.74. The Hall–Kier alpha value is -1.57. The van der Waals surface area contributed by atoms with Crippen LogP contribution in [0.5, 0.6) is 0 Å². The number of benzene rings is 1. The maximum Gasteiger partial charge on any atom is 0.328 e. The minimum atomic E-state index is -0.918. The molecule has 68 valence electrons. The zero-order valence-corrected chi connectivity index (χ0v) is 7.74. The molecule has 1 aromatic carbocycles. The summed E-state index contributed by atoms with van der Waals surface area (Å²) in [6, 6.07) is 5.85. The van der Waals surface area contributed by atoms with E-state index in [2.05, 4.69) is 0 Å². The number of carboxylic acid groups (broad SMARTS) is 1. The first kappa shape index (κ1) is 9.52. The van der Waals surface area contributed by atoms with Crippen molar-refractivity contribution in [3.05, 3.63) is 41.0 Å². The molecule has 0 saturated carbocycles. The number of rotatable bonds is 2. The Labute approximate surface area is 77.5 Å². The third-order valence-corrected chi connectivity index (χ3v) is 1.95. The zero-order chi connectivity index (χ0) is 9.84. The van der Waals surface area contributed by atoms with E-state index in [9.17, 15) is 4.79 Å². The lowest BCUT2D eigenvalue weighted by Gasteiger charge is -1.99. The van der Waals surface area contributed by atoms with Gasteiger partial charge in [-0.05, 0) is 36.6 Å². The molecule has 0 saturated heterocycles. The minimum absolute atomic E-state index is 0.918. The molecule has 0 aromatic heterocycles. The van der Waals surface area contributed by atoms with Crippen LogP contribution >= 0.6 is 0 Å². The van der Waals surface area contributed by atoms with Gasteiger partial charge in [-0.25, -0.2) is 4.79 Å². The normalized spacial score (nSPS) is 10.6. The lowest BCUT2D eigenvalue weighted by atomic mass is 10.1. The Morgan fingerprint density at radius 1 is 1.31 bits per heavy atom. The predicted molar refractivity (Wildman–Crippen MR) is 52.6 cm³/mol. The molecule has 0 amide bonds. The van der Waals surface area contributed by atoms with Crippen LogP contribution in [0.1, 0.15) is 16.7 Å². The Balaban J connectivity index is 2.92. The van der Waals surface area contributed by atoms with Crippen molar-refractivity contribution in [2.24, 2.45) is 0 Å². The Morgan fingerprint density at radius 3 is 2.54 bits per heavy atom. The maximum absolute atomic E-state index is 10.2. The van der Waals surface area contributed by atoms with Gasteiger partial charge in [-0.1, -0.05) is 18.2 Å². The number of hydrogen-bond acceptors (Lipinski definition) is 1. The molecule has 0 spiro atoms. The van der Waals surface area contributed by atoms with E-state index in [-0.39, 0.29) is 0 Å². The fourth-order valence-corrected chi connectivity index (χ4v) is 1.04. The van der Waals surface area contributed by atoms with Gasteiger partial charge in [0, 0.05) is 6.08 Å². The van der Waals surface area contributed by atoms with Gasteiger partial charge < -0.3 is 5.11 Å². The van der Waals surface area contributed by atoms with E-state index in [1.807, 2.05) is 32.0 Å². The summed E-state index contributed by atoms with van der Waals surface area (Å²) >= 11 is 0. The molecule has 1 rings (SSSR count). The van der Waals surface area contributed by atoms with Gasteiger partial charge in [-0.3, -0.25) is 0 Å². The molecular formula is C11H12O2. The van der Waals surface area contributed by atoms with E-state index in [0.29, 0.717) is 0 Å². The first-order chi connectivity index (χ1) is 6.09. The standard InChI is InChI=1S/C11H12O2/c1-8-3-4-10(7-9(8)2)5-6-11(12)13/h3-7H,1-2H3,(H,12,13)/b6-5+. The third kappa shape index (κ3) is 2.75. The molecule has 1 N–H and O–H groups in total. The van der Waals surface area contributed by atoms with Gasteiger partial charge in [0.15, 0.2) is 0 Å². The molecule has 0 radical (unpaired) electrons. The van der Waals surface area contributed by atoms with Crippen molar-refractivity contribution in [3.8, 4) is 0 Å². The Bertz CT molecular complexity index is 351. The highest BCUT2D eigenvalue weighted by molar-refractivity contribution is 5.85. The van der Waals surface area contributed by atoms with Crippen LogP contribution in [0, 0.1) is 13.8 Å². The second-order valence-corrected chi connectivity index (χ2v) is 3.02. The molecule has 13 heavy (non-hydrogen) atoms. The van der Waals surface area contributed by atoms with E-state index < -0.39 is 5.97 Å². The number of carbonyl (C=O) groups is 1. The van der Waals surface area contributed by atoms with Crippen LogP contribution in [0.4, 0.5) is 0 Å². The predicted octanol–water partition coefficient (Wildman–Crippen LogP) is 2.40. The molecule has 0 fully saturated rings. The summed E-state index contributed by atoms with van der Waals surface area (Å²) in [4.78, 5) is 10.2. The van der Waals surface area contributed by atoms with Crippen LogP contribution in [-0.2, 0) is 4.79 Å². The van der Waals surface area contributed by atoms with Gasteiger partial charge in [0.25, 0.3) is 0 Å². The number of aryl methyl sites for hydroxylation is 2. The fourth-order valence-electron chi connectivity index (χ4n) is 1.04. The average Bonchev–Trinajstić information content (AvgIpc) is 2.07. The van der Waals surface area contributed by atoms with Gasteiger partial charge in [-0.2, -0.15) is 0 Å². The van der Waals surface area contributed by atoms with Crippen LogP contribution in [0.3, 0.4) is 0 Å². The summed E-state index contributed by atoms with van der Waals surface area (Å²) in [5.74, 6) is -0.918. The first-order valence-electron chi connectivity index (χ1n) is 4.08. The van der Waals surface area contributed by atoms with Crippen molar-refractivity contribution in [2.75, 3.05) is 0 Å². The molecule has 2 nitrogen and oxygen atoms in total. The number of hydrogen-bond donors (Lipinski definition) is 1. The van der Waals surface area contributed by atoms with Crippen LogP contribution in [0.25, 0.3) is 6.08 Å². The van der Waals surface area contributed by atoms with E-state index in [0.717, 1.165) is 11.6 Å². The summed E-state index contributed by atoms with van der Waals surface area (Å²) in [5, 5.41) is 8.41. The van der Waals surface area contributed by atoms with Gasteiger partial charge in [0.05, 0.1) is 0 Å². The summed E-state index contributed by atoms with van der Waals surface area (Å²) in [6.07, 6.45) is 2.74. The lowest BCUT2D eigenvalue weighted by Crippen LogP contribution is -1.86. The van der Waals surface area contributed by atoms with Crippen molar-refractivity contribution in [3.63, 3.8) is 0 Å². The second-order valence-electron chi connectivity index (χ2n) is 3.02. The molecule has 2 heteroatoms. The van der Waals surface area contributed by atoms with Crippen LogP contribution in [0.2, 0.25) is 0 Å². The Kier molecular flexibility index (Phi) is 2.85. The smallest absolute Gasteiger partial charge is 0.328 e. The number of aliphatic carboxylic acids is 1. The molecule has 0 bridgehead atoms. The van der Waals surface area contributed by atoms with E-state index in [1.54, 1.807) is 6.08 Å². The van der Waals surface area contributed by atoms with Crippen LogP contribution in [0.15, 0.2) is 24.3 Å². The van der Waals surface area contributed by atoms with Crippen molar-refractivity contribution in [1.29, 1.82) is 0 Å². The van der Waals surface area contributed by atoms with Crippen LogP contribution in [-0.4, -0.2) is 11.1 Å². The molecule has 0 aliphatic heterocycles. The molecule has 1 aromatic rings. The second kappa shape index (κ2) is 3.90. The molecule has 0 heterocycles.